The van der Waals surface area contributed by atoms with Crippen LogP contribution in [-0.2, 0) is 6.42 Å². The Bertz CT molecular complexity index is 1070. The highest BCUT2D eigenvalue weighted by Crippen LogP contribution is 2.41. The van der Waals surface area contributed by atoms with Crippen LogP contribution in [0.3, 0.4) is 0 Å². The first-order valence-electron chi connectivity index (χ1n) is 7.85. The van der Waals surface area contributed by atoms with E-state index in [0.29, 0.717) is 0 Å². The van der Waals surface area contributed by atoms with Gasteiger partial charge in [0, 0.05) is 21.8 Å². The highest BCUT2D eigenvalue weighted by molar-refractivity contribution is 6.11. The number of H-pyrrole nitrogens is 1. The van der Waals surface area contributed by atoms with Crippen LogP contribution in [0.25, 0.3) is 32.9 Å². The van der Waals surface area contributed by atoms with Crippen molar-refractivity contribution >= 4 is 21.8 Å². The van der Waals surface area contributed by atoms with Crippen molar-refractivity contribution in [3.05, 3.63) is 70.8 Å². The maximum Gasteiger partial charge on any atom is 0.0468 e. The summed E-state index contributed by atoms with van der Waals surface area (Å²) in [6.45, 7) is 4.42. The van der Waals surface area contributed by atoms with Gasteiger partial charge in [0.05, 0.1) is 0 Å². The molecular formula is C21H17N. The summed E-state index contributed by atoms with van der Waals surface area (Å²) in [5, 5.41) is 2.73. The summed E-state index contributed by atoms with van der Waals surface area (Å²) < 4.78 is 0. The standard InChI is InChI=1S/C21H17N/c1-12-7-8-19-21(13(12)2)18-11-17-15(10-20(18)22-19)9-14-5-3-4-6-16(14)17/h3-8,10-11,22H,9H2,1-2H3. The molecule has 0 saturated heterocycles. The third kappa shape index (κ3) is 1.43. The molecule has 0 spiro atoms. The molecule has 0 saturated carbocycles. The van der Waals surface area contributed by atoms with E-state index in [9.17, 15) is 0 Å². The predicted octanol–water partition coefficient (Wildman–Crippen LogP) is 5.51. The lowest BCUT2D eigenvalue weighted by molar-refractivity contribution is 1.27. The van der Waals surface area contributed by atoms with Crippen LogP contribution < -0.4 is 0 Å². The number of fused-ring (bicyclic) bond motifs is 6. The zero-order valence-electron chi connectivity index (χ0n) is 12.8. The molecule has 1 heteroatoms. The van der Waals surface area contributed by atoms with Gasteiger partial charge in [-0.1, -0.05) is 30.3 Å². The summed E-state index contributed by atoms with van der Waals surface area (Å²) in [5.41, 5.74) is 10.9. The van der Waals surface area contributed by atoms with Gasteiger partial charge in [0.25, 0.3) is 0 Å². The largest absolute Gasteiger partial charge is 0.354 e. The molecule has 106 valence electrons. The van der Waals surface area contributed by atoms with Crippen LogP contribution in [0.2, 0.25) is 0 Å². The maximum absolute atomic E-state index is 3.60. The molecule has 0 aliphatic heterocycles. The summed E-state index contributed by atoms with van der Waals surface area (Å²) in [7, 11) is 0. The minimum absolute atomic E-state index is 1.05. The van der Waals surface area contributed by atoms with Gasteiger partial charge in [0.15, 0.2) is 0 Å². The number of hydrogen-bond donors (Lipinski definition) is 1. The first-order valence-corrected chi connectivity index (χ1v) is 7.85. The summed E-state index contributed by atoms with van der Waals surface area (Å²) in [6.07, 6.45) is 1.05. The van der Waals surface area contributed by atoms with Crippen molar-refractivity contribution in [3.63, 3.8) is 0 Å². The first kappa shape index (κ1) is 12.0. The van der Waals surface area contributed by atoms with Gasteiger partial charge in [-0.3, -0.25) is 0 Å². The van der Waals surface area contributed by atoms with E-state index in [4.69, 9.17) is 0 Å². The Kier molecular flexibility index (Phi) is 2.20. The van der Waals surface area contributed by atoms with E-state index < -0.39 is 0 Å². The van der Waals surface area contributed by atoms with E-state index >= 15 is 0 Å². The fraction of sp³-hybridized carbons (Fsp3) is 0.143. The Labute approximate surface area is 129 Å². The van der Waals surface area contributed by atoms with Gasteiger partial charge < -0.3 is 4.98 Å². The Morgan fingerprint density at radius 2 is 1.68 bits per heavy atom. The summed E-state index contributed by atoms with van der Waals surface area (Å²) in [6, 6.07) is 17.9. The van der Waals surface area contributed by atoms with Crippen molar-refractivity contribution in [1.82, 2.24) is 4.98 Å². The zero-order valence-corrected chi connectivity index (χ0v) is 12.8. The fourth-order valence-electron chi connectivity index (χ4n) is 3.91. The van der Waals surface area contributed by atoms with Crippen LogP contribution in [0, 0.1) is 13.8 Å². The summed E-state index contributed by atoms with van der Waals surface area (Å²) in [4.78, 5) is 3.60. The molecule has 0 bridgehead atoms. The molecule has 0 amide bonds. The van der Waals surface area contributed by atoms with E-state index in [2.05, 4.69) is 67.4 Å². The molecule has 1 nitrogen and oxygen atoms in total. The number of aromatic amines is 1. The average molecular weight is 283 g/mol. The lowest BCUT2D eigenvalue weighted by Crippen LogP contribution is -1.82. The van der Waals surface area contributed by atoms with E-state index in [1.54, 1.807) is 0 Å². The fourth-order valence-corrected chi connectivity index (χ4v) is 3.91. The van der Waals surface area contributed by atoms with E-state index in [-0.39, 0.29) is 0 Å². The second-order valence-corrected chi connectivity index (χ2v) is 6.44. The lowest BCUT2D eigenvalue weighted by atomic mass is 9.99. The Morgan fingerprint density at radius 1 is 0.818 bits per heavy atom. The van der Waals surface area contributed by atoms with Crippen LogP contribution >= 0.6 is 0 Å². The molecule has 1 heterocycles. The first-order chi connectivity index (χ1) is 10.7. The van der Waals surface area contributed by atoms with Gasteiger partial charge in [0.1, 0.15) is 0 Å². The molecule has 4 aromatic rings. The smallest absolute Gasteiger partial charge is 0.0468 e. The van der Waals surface area contributed by atoms with E-state index in [1.165, 1.54) is 55.2 Å². The van der Waals surface area contributed by atoms with Crippen molar-refractivity contribution in [3.8, 4) is 11.1 Å². The van der Waals surface area contributed by atoms with Gasteiger partial charge >= 0.3 is 0 Å². The highest BCUT2D eigenvalue weighted by Gasteiger charge is 2.20. The molecule has 1 aromatic heterocycles. The summed E-state index contributed by atoms with van der Waals surface area (Å²) in [5.74, 6) is 0. The average Bonchev–Trinajstić information content (AvgIpc) is 3.06. The van der Waals surface area contributed by atoms with Crippen LogP contribution in [0.4, 0.5) is 0 Å². The summed E-state index contributed by atoms with van der Waals surface area (Å²) >= 11 is 0. The van der Waals surface area contributed by atoms with Gasteiger partial charge in [-0.15, -0.1) is 0 Å². The predicted molar refractivity (Wildman–Crippen MR) is 93.5 cm³/mol. The van der Waals surface area contributed by atoms with Crippen LogP contribution in [0.5, 0.6) is 0 Å². The van der Waals surface area contributed by atoms with Crippen molar-refractivity contribution in [1.29, 1.82) is 0 Å². The Balaban J connectivity index is 1.92. The van der Waals surface area contributed by atoms with Crippen molar-refractivity contribution in [2.75, 3.05) is 0 Å². The number of nitrogens with one attached hydrogen (secondary N) is 1. The molecule has 1 aliphatic rings. The number of rotatable bonds is 0. The third-order valence-electron chi connectivity index (χ3n) is 5.21. The molecule has 22 heavy (non-hydrogen) atoms. The van der Waals surface area contributed by atoms with Crippen molar-refractivity contribution in [2.45, 2.75) is 20.3 Å². The van der Waals surface area contributed by atoms with Gasteiger partial charge in [-0.05, 0) is 71.8 Å². The second-order valence-electron chi connectivity index (χ2n) is 6.44. The molecule has 0 unspecified atom stereocenters. The van der Waals surface area contributed by atoms with Gasteiger partial charge in [0.2, 0.25) is 0 Å². The third-order valence-corrected chi connectivity index (χ3v) is 5.21. The lowest BCUT2D eigenvalue weighted by Gasteiger charge is -2.04. The number of benzene rings is 3. The normalized spacial score (nSPS) is 12.8. The van der Waals surface area contributed by atoms with Crippen LogP contribution in [0.1, 0.15) is 22.3 Å². The molecular weight excluding hydrogens is 266 g/mol. The molecule has 0 atom stereocenters. The molecule has 3 aromatic carbocycles. The number of aryl methyl sites for hydroxylation is 2. The number of hydrogen-bond acceptors (Lipinski definition) is 0. The molecule has 0 fully saturated rings. The highest BCUT2D eigenvalue weighted by atomic mass is 14.7. The molecule has 1 N–H and O–H groups in total. The van der Waals surface area contributed by atoms with Gasteiger partial charge in [-0.2, -0.15) is 0 Å². The van der Waals surface area contributed by atoms with Crippen LogP contribution in [-0.4, -0.2) is 4.98 Å². The minimum atomic E-state index is 1.05. The number of aromatic nitrogens is 1. The quantitative estimate of drug-likeness (QED) is 0.386. The SMILES string of the molecule is Cc1ccc2[nH]c3cc4c(cc3c2c1C)-c1ccccc1C4. The molecule has 1 aliphatic carbocycles. The van der Waals surface area contributed by atoms with Gasteiger partial charge in [-0.25, -0.2) is 0 Å². The topological polar surface area (TPSA) is 15.8 Å². The Hall–Kier alpha value is -2.54. The molecule has 5 rings (SSSR count). The Morgan fingerprint density at radius 3 is 2.59 bits per heavy atom. The van der Waals surface area contributed by atoms with Crippen molar-refractivity contribution in [2.24, 2.45) is 0 Å². The van der Waals surface area contributed by atoms with Crippen molar-refractivity contribution < 1.29 is 0 Å². The second kappa shape index (κ2) is 4.01. The van der Waals surface area contributed by atoms with E-state index in [0.717, 1.165) is 6.42 Å². The molecule has 0 radical (unpaired) electrons. The monoisotopic (exact) mass is 283 g/mol. The van der Waals surface area contributed by atoms with Crippen LogP contribution in [0.15, 0.2) is 48.5 Å². The zero-order chi connectivity index (χ0) is 14.8. The minimum Gasteiger partial charge on any atom is -0.354 e. The van der Waals surface area contributed by atoms with E-state index in [1.807, 2.05) is 0 Å². The maximum atomic E-state index is 3.60.